The van der Waals surface area contributed by atoms with Crippen LogP contribution in [0.4, 0.5) is 26.3 Å². The second kappa shape index (κ2) is 4.42. The molecule has 0 radical (unpaired) electrons. The third-order valence-electron chi connectivity index (χ3n) is 1.88. The molecule has 0 spiro atoms. The molecule has 0 atom stereocenters. The smallest absolute Gasteiger partial charge is 0.285 e. The van der Waals surface area contributed by atoms with Gasteiger partial charge in [-0.3, -0.25) is 5.21 Å². The van der Waals surface area contributed by atoms with Crippen molar-refractivity contribution in [2.75, 3.05) is 0 Å². The second-order valence-electron chi connectivity index (χ2n) is 3.40. The van der Waals surface area contributed by atoms with E-state index >= 15 is 0 Å². The van der Waals surface area contributed by atoms with Crippen LogP contribution in [0, 0.1) is 0 Å². The van der Waals surface area contributed by atoms with E-state index in [1.165, 1.54) is 0 Å². The van der Waals surface area contributed by atoms with Crippen molar-refractivity contribution in [1.29, 1.82) is 0 Å². The fourth-order valence-electron chi connectivity index (χ4n) is 1.27. The summed E-state index contributed by atoms with van der Waals surface area (Å²) >= 11 is 0. The van der Waals surface area contributed by atoms with Crippen molar-refractivity contribution in [2.45, 2.75) is 25.2 Å². The molecule has 1 aromatic heterocycles. The lowest BCUT2D eigenvalue weighted by atomic mass is 10.2. The number of rotatable bonds is 2. The highest BCUT2D eigenvalue weighted by Gasteiger charge is 2.37. The minimum Gasteiger partial charge on any atom is -0.285 e. The van der Waals surface area contributed by atoms with E-state index in [4.69, 9.17) is 0 Å². The quantitative estimate of drug-likeness (QED) is 0.493. The van der Waals surface area contributed by atoms with Crippen LogP contribution < -0.4 is 4.73 Å². The Kier molecular flexibility index (Phi) is 3.53. The third-order valence-corrected chi connectivity index (χ3v) is 1.88. The standard InChI is InChI=1S/C9H8F6NO/c10-8(11,12)4-6-2-1-3-7(16(6)17)5-9(13,14)15/h1-3,17H,4-5H2/q+1. The zero-order chi connectivity index (χ0) is 13.3. The molecular formula is C9H8F6NO+. The van der Waals surface area contributed by atoms with E-state index in [2.05, 4.69) is 0 Å². The van der Waals surface area contributed by atoms with Crippen LogP contribution in [-0.2, 0) is 12.8 Å². The van der Waals surface area contributed by atoms with E-state index in [0.717, 1.165) is 18.2 Å². The monoisotopic (exact) mass is 260 g/mol. The van der Waals surface area contributed by atoms with Gasteiger partial charge >= 0.3 is 12.4 Å². The molecule has 0 aliphatic rings. The van der Waals surface area contributed by atoms with Crippen molar-refractivity contribution in [1.82, 2.24) is 0 Å². The summed E-state index contributed by atoms with van der Waals surface area (Å²) in [6, 6.07) is 2.86. The maximum absolute atomic E-state index is 12.0. The first-order valence-electron chi connectivity index (χ1n) is 4.44. The van der Waals surface area contributed by atoms with Gasteiger partial charge in [0.25, 0.3) is 0 Å². The lowest BCUT2D eigenvalue weighted by Crippen LogP contribution is -2.43. The van der Waals surface area contributed by atoms with Crippen LogP contribution in [0.2, 0.25) is 0 Å². The molecule has 0 fully saturated rings. The zero-order valence-electron chi connectivity index (χ0n) is 8.31. The highest BCUT2D eigenvalue weighted by Crippen LogP contribution is 2.22. The Hall–Kier alpha value is -1.47. The molecule has 1 rings (SSSR count). The van der Waals surface area contributed by atoms with Crippen molar-refractivity contribution in [3.05, 3.63) is 29.6 Å². The summed E-state index contributed by atoms with van der Waals surface area (Å²) < 4.78 is 72.2. The van der Waals surface area contributed by atoms with Gasteiger partial charge in [-0.2, -0.15) is 26.3 Å². The Labute approximate surface area is 92.1 Å². The average Bonchev–Trinajstić information content (AvgIpc) is 2.07. The van der Waals surface area contributed by atoms with Gasteiger partial charge in [0.1, 0.15) is 12.8 Å². The van der Waals surface area contributed by atoms with Crippen LogP contribution in [0.15, 0.2) is 18.2 Å². The van der Waals surface area contributed by atoms with Crippen molar-refractivity contribution in [3.8, 4) is 0 Å². The summed E-state index contributed by atoms with van der Waals surface area (Å²) in [6.45, 7) is 0. The van der Waals surface area contributed by atoms with Gasteiger partial charge in [0.15, 0.2) is 0 Å². The SMILES string of the molecule is O[n+]1c(CC(F)(F)F)cccc1CC(F)(F)F. The van der Waals surface area contributed by atoms with Crippen LogP contribution in [0.1, 0.15) is 11.4 Å². The Balaban J connectivity index is 3.00. The van der Waals surface area contributed by atoms with Crippen molar-refractivity contribution in [3.63, 3.8) is 0 Å². The highest BCUT2D eigenvalue weighted by atomic mass is 19.4. The Morgan fingerprint density at radius 1 is 0.882 bits per heavy atom. The predicted octanol–water partition coefficient (Wildman–Crippen LogP) is 2.42. The number of halogens is 6. The second-order valence-corrected chi connectivity index (χ2v) is 3.40. The molecule has 1 aromatic rings. The maximum atomic E-state index is 12.0. The van der Waals surface area contributed by atoms with Crippen LogP contribution in [-0.4, -0.2) is 17.6 Å². The summed E-state index contributed by atoms with van der Waals surface area (Å²) in [5, 5.41) is 9.23. The Bertz CT molecular complexity index is 363. The number of aromatic nitrogens is 1. The lowest BCUT2D eigenvalue weighted by molar-refractivity contribution is -0.915. The van der Waals surface area contributed by atoms with Crippen molar-refractivity contribution >= 4 is 0 Å². The van der Waals surface area contributed by atoms with Crippen LogP contribution in [0.25, 0.3) is 0 Å². The first kappa shape index (κ1) is 13.6. The van der Waals surface area contributed by atoms with E-state index in [0.29, 0.717) is 0 Å². The zero-order valence-corrected chi connectivity index (χ0v) is 8.31. The molecule has 0 saturated heterocycles. The molecule has 0 aromatic carbocycles. The number of nitrogens with zero attached hydrogens (tertiary/aromatic N) is 1. The predicted molar refractivity (Wildman–Crippen MR) is 43.3 cm³/mol. The molecule has 0 amide bonds. The minimum absolute atomic E-state index is 0.0685. The maximum Gasteiger partial charge on any atom is 0.399 e. The Morgan fingerprint density at radius 2 is 1.24 bits per heavy atom. The molecule has 0 aliphatic heterocycles. The largest absolute Gasteiger partial charge is 0.399 e. The van der Waals surface area contributed by atoms with Gasteiger partial charge < -0.3 is 0 Å². The van der Waals surface area contributed by atoms with Crippen molar-refractivity contribution < 1.29 is 36.3 Å². The van der Waals surface area contributed by atoms with Gasteiger partial charge in [0.05, 0.1) is 0 Å². The summed E-state index contributed by atoms with van der Waals surface area (Å²) in [5.74, 6) is 0. The number of hydrogen-bond donors (Lipinski definition) is 1. The number of hydrogen-bond acceptors (Lipinski definition) is 1. The van der Waals surface area contributed by atoms with Gasteiger partial charge in [0, 0.05) is 16.9 Å². The van der Waals surface area contributed by atoms with Gasteiger partial charge in [-0.1, -0.05) is 0 Å². The fraction of sp³-hybridized carbons (Fsp3) is 0.444. The van der Waals surface area contributed by atoms with E-state index in [-0.39, 0.29) is 4.73 Å². The lowest BCUT2D eigenvalue weighted by Gasteiger charge is -2.06. The van der Waals surface area contributed by atoms with E-state index in [9.17, 15) is 31.5 Å². The normalized spacial score (nSPS) is 12.8. The topological polar surface area (TPSA) is 24.1 Å². The van der Waals surface area contributed by atoms with Gasteiger partial charge in [-0.15, -0.1) is 0 Å². The summed E-state index contributed by atoms with van der Waals surface area (Å²) in [6.07, 6.45) is -12.2. The molecule has 8 heteroatoms. The molecular weight excluding hydrogens is 252 g/mol. The number of alkyl halides is 6. The minimum atomic E-state index is -4.60. The molecule has 96 valence electrons. The van der Waals surface area contributed by atoms with E-state index in [1.807, 2.05) is 0 Å². The first-order chi connectivity index (χ1) is 7.58. The Morgan fingerprint density at radius 3 is 1.53 bits per heavy atom. The molecule has 2 nitrogen and oxygen atoms in total. The molecule has 0 aliphatic carbocycles. The van der Waals surface area contributed by atoms with Crippen LogP contribution >= 0.6 is 0 Å². The average molecular weight is 260 g/mol. The first-order valence-corrected chi connectivity index (χ1v) is 4.44. The molecule has 1 heterocycles. The van der Waals surface area contributed by atoms with Gasteiger partial charge in [-0.05, 0) is 6.07 Å². The van der Waals surface area contributed by atoms with Crippen LogP contribution in [0.5, 0.6) is 0 Å². The van der Waals surface area contributed by atoms with E-state index in [1.54, 1.807) is 0 Å². The molecule has 0 bridgehead atoms. The van der Waals surface area contributed by atoms with Gasteiger partial charge in [-0.25, -0.2) is 0 Å². The van der Waals surface area contributed by atoms with Crippen LogP contribution in [0.3, 0.4) is 0 Å². The van der Waals surface area contributed by atoms with Crippen molar-refractivity contribution in [2.24, 2.45) is 0 Å². The van der Waals surface area contributed by atoms with Gasteiger partial charge in [0.2, 0.25) is 11.4 Å². The third kappa shape index (κ3) is 4.49. The molecule has 0 saturated carbocycles. The molecule has 0 unspecified atom stereocenters. The summed E-state index contributed by atoms with van der Waals surface area (Å²) in [5.41, 5.74) is -1.28. The summed E-state index contributed by atoms with van der Waals surface area (Å²) in [7, 11) is 0. The summed E-state index contributed by atoms with van der Waals surface area (Å²) in [4.78, 5) is 0. The van der Waals surface area contributed by atoms with E-state index < -0.39 is 36.6 Å². The molecule has 17 heavy (non-hydrogen) atoms. The number of pyridine rings is 1. The fourth-order valence-corrected chi connectivity index (χ4v) is 1.27. The highest BCUT2D eigenvalue weighted by molar-refractivity contribution is 5.05. The molecule has 1 N–H and O–H groups in total.